The first kappa shape index (κ1) is 19.2. The molecule has 3 rings (SSSR count). The number of rotatable bonds is 7. The van der Waals surface area contributed by atoms with E-state index in [2.05, 4.69) is 9.30 Å². The first-order chi connectivity index (χ1) is 13.0. The van der Waals surface area contributed by atoms with Crippen LogP contribution in [0.15, 0.2) is 30.3 Å². The van der Waals surface area contributed by atoms with Crippen molar-refractivity contribution < 1.29 is 23.8 Å². The third-order valence-electron chi connectivity index (χ3n) is 4.93. The number of aryl methyl sites for hydroxylation is 1. The highest BCUT2D eigenvalue weighted by atomic mass is 16.5. The molecule has 6 heteroatoms. The summed E-state index contributed by atoms with van der Waals surface area (Å²) in [4.78, 5) is 24.1. The Balaban J connectivity index is 1.63. The van der Waals surface area contributed by atoms with Crippen molar-refractivity contribution >= 4 is 11.8 Å². The maximum atomic E-state index is 12.6. The Morgan fingerprint density at radius 3 is 2.59 bits per heavy atom. The summed E-state index contributed by atoms with van der Waals surface area (Å²) >= 11 is 0. The van der Waals surface area contributed by atoms with Crippen LogP contribution in [0.3, 0.4) is 0 Å². The second-order valence-corrected chi connectivity index (χ2v) is 6.76. The second kappa shape index (κ2) is 8.39. The summed E-state index contributed by atoms with van der Waals surface area (Å²) in [5, 5.41) is 0. The zero-order valence-electron chi connectivity index (χ0n) is 16.0. The number of ether oxygens (including phenoxy) is 3. The number of nitrogens with zero attached hydrogens (tertiary/aromatic N) is 1. The van der Waals surface area contributed by atoms with E-state index in [0.29, 0.717) is 16.9 Å². The van der Waals surface area contributed by atoms with Gasteiger partial charge in [0.1, 0.15) is 5.75 Å². The molecule has 0 bridgehead atoms. The van der Waals surface area contributed by atoms with Crippen molar-refractivity contribution in [3.8, 4) is 5.75 Å². The van der Waals surface area contributed by atoms with Crippen molar-refractivity contribution in [2.75, 3.05) is 20.3 Å². The maximum Gasteiger partial charge on any atom is 0.337 e. The van der Waals surface area contributed by atoms with E-state index >= 15 is 0 Å². The molecule has 0 amide bonds. The fraction of sp³-hybridized carbons (Fsp3) is 0.429. The Labute approximate surface area is 159 Å². The van der Waals surface area contributed by atoms with Gasteiger partial charge in [0.25, 0.3) is 0 Å². The molecule has 0 N–H and O–H groups in total. The Hall–Kier alpha value is -2.60. The third kappa shape index (κ3) is 4.39. The van der Waals surface area contributed by atoms with E-state index in [0.717, 1.165) is 37.4 Å². The summed E-state index contributed by atoms with van der Waals surface area (Å²) in [6.45, 7) is 5.51. The number of ketones is 1. The van der Waals surface area contributed by atoms with Gasteiger partial charge in [-0.05, 0) is 57.0 Å². The van der Waals surface area contributed by atoms with Crippen LogP contribution in [-0.4, -0.2) is 42.7 Å². The molecule has 27 heavy (non-hydrogen) atoms. The lowest BCUT2D eigenvalue weighted by Gasteiger charge is -2.14. The van der Waals surface area contributed by atoms with Gasteiger partial charge in [0.15, 0.2) is 6.61 Å². The molecule has 1 aromatic carbocycles. The molecule has 1 atom stereocenters. The highest BCUT2D eigenvalue weighted by Crippen LogP contribution is 2.21. The van der Waals surface area contributed by atoms with Gasteiger partial charge in [-0.3, -0.25) is 4.79 Å². The van der Waals surface area contributed by atoms with Crippen molar-refractivity contribution in [3.05, 3.63) is 52.8 Å². The molecule has 0 aliphatic carbocycles. The van der Waals surface area contributed by atoms with Crippen LogP contribution in [-0.2, 0) is 16.0 Å². The molecule has 1 saturated heterocycles. The number of aromatic nitrogens is 1. The number of methoxy groups -OCH3 is 1. The Bertz CT molecular complexity index is 816. The zero-order chi connectivity index (χ0) is 19.4. The van der Waals surface area contributed by atoms with Crippen LogP contribution in [0.25, 0.3) is 0 Å². The average Bonchev–Trinajstić information content (AvgIpc) is 3.29. The predicted molar refractivity (Wildman–Crippen MR) is 100 cm³/mol. The van der Waals surface area contributed by atoms with E-state index < -0.39 is 5.97 Å². The van der Waals surface area contributed by atoms with Gasteiger partial charge >= 0.3 is 5.97 Å². The Morgan fingerprint density at radius 2 is 1.96 bits per heavy atom. The molecule has 2 heterocycles. The van der Waals surface area contributed by atoms with E-state index in [1.807, 2.05) is 19.9 Å². The van der Waals surface area contributed by atoms with Crippen LogP contribution in [0, 0.1) is 13.8 Å². The summed E-state index contributed by atoms with van der Waals surface area (Å²) in [6.07, 6.45) is 2.38. The minimum atomic E-state index is -0.406. The quantitative estimate of drug-likeness (QED) is 0.552. The van der Waals surface area contributed by atoms with Crippen LogP contribution < -0.4 is 4.74 Å². The van der Waals surface area contributed by atoms with Crippen LogP contribution >= 0.6 is 0 Å². The van der Waals surface area contributed by atoms with E-state index in [9.17, 15) is 9.59 Å². The lowest BCUT2D eigenvalue weighted by molar-refractivity contribution is 0.0600. The molecule has 144 valence electrons. The van der Waals surface area contributed by atoms with Gasteiger partial charge in [-0.1, -0.05) is 0 Å². The summed E-state index contributed by atoms with van der Waals surface area (Å²) in [7, 11) is 1.33. The zero-order valence-corrected chi connectivity index (χ0v) is 16.0. The van der Waals surface area contributed by atoms with Crippen LogP contribution in [0.1, 0.15) is 44.9 Å². The predicted octanol–water partition coefficient (Wildman–Crippen LogP) is 3.33. The van der Waals surface area contributed by atoms with Gasteiger partial charge < -0.3 is 18.8 Å². The van der Waals surface area contributed by atoms with E-state index in [4.69, 9.17) is 9.47 Å². The normalized spacial score (nSPS) is 16.3. The van der Waals surface area contributed by atoms with Crippen molar-refractivity contribution in [1.82, 2.24) is 4.57 Å². The van der Waals surface area contributed by atoms with Crippen molar-refractivity contribution in [2.45, 2.75) is 39.3 Å². The standard InChI is InChI=1S/C21H25NO5/c1-14-11-19(15(2)22(14)12-18-5-4-10-26-18)20(23)13-27-17-8-6-16(7-9-17)21(24)25-3/h6-9,11,18H,4-5,10,12-13H2,1-3H3/t18-/m1/s1. The van der Waals surface area contributed by atoms with Crippen molar-refractivity contribution in [3.63, 3.8) is 0 Å². The monoisotopic (exact) mass is 371 g/mol. The SMILES string of the molecule is COC(=O)c1ccc(OCC(=O)c2cc(C)n(C[C@H]3CCCO3)c2C)cc1. The molecule has 1 aliphatic heterocycles. The molecule has 2 aromatic rings. The number of Topliss-reactive ketones (excluding diaryl/α,β-unsaturated/α-hetero) is 1. The largest absolute Gasteiger partial charge is 0.485 e. The third-order valence-corrected chi connectivity index (χ3v) is 4.93. The molecule has 0 spiro atoms. The minimum absolute atomic E-state index is 0.0538. The molecule has 1 aliphatic rings. The highest BCUT2D eigenvalue weighted by Gasteiger charge is 2.21. The fourth-order valence-electron chi connectivity index (χ4n) is 3.39. The van der Waals surface area contributed by atoms with E-state index in [-0.39, 0.29) is 18.5 Å². The lowest BCUT2D eigenvalue weighted by Crippen LogP contribution is -2.18. The van der Waals surface area contributed by atoms with Crippen LogP contribution in [0.4, 0.5) is 0 Å². The van der Waals surface area contributed by atoms with Gasteiger partial charge in [0, 0.05) is 30.1 Å². The molecule has 0 unspecified atom stereocenters. The summed E-state index contributed by atoms with van der Waals surface area (Å²) < 4.78 is 18.1. The fourth-order valence-corrected chi connectivity index (χ4v) is 3.39. The molecule has 0 saturated carbocycles. The number of hydrogen-bond acceptors (Lipinski definition) is 5. The van der Waals surface area contributed by atoms with Gasteiger partial charge in [0.05, 0.1) is 18.8 Å². The van der Waals surface area contributed by atoms with Crippen LogP contribution in [0.5, 0.6) is 5.75 Å². The first-order valence-electron chi connectivity index (χ1n) is 9.12. The van der Waals surface area contributed by atoms with Crippen LogP contribution in [0.2, 0.25) is 0 Å². The van der Waals surface area contributed by atoms with Gasteiger partial charge in [-0.25, -0.2) is 4.79 Å². The van der Waals surface area contributed by atoms with E-state index in [1.54, 1.807) is 24.3 Å². The summed E-state index contributed by atoms with van der Waals surface area (Å²) in [5.74, 6) is 0.0548. The summed E-state index contributed by atoms with van der Waals surface area (Å²) in [6, 6.07) is 8.44. The lowest BCUT2D eigenvalue weighted by atomic mass is 10.1. The molecule has 6 nitrogen and oxygen atoms in total. The molecule has 1 aromatic heterocycles. The average molecular weight is 371 g/mol. The maximum absolute atomic E-state index is 12.6. The van der Waals surface area contributed by atoms with E-state index in [1.165, 1.54) is 7.11 Å². The molecule has 0 radical (unpaired) electrons. The highest BCUT2D eigenvalue weighted by molar-refractivity contribution is 5.98. The van der Waals surface area contributed by atoms with Crippen molar-refractivity contribution in [2.24, 2.45) is 0 Å². The Kier molecular flexibility index (Phi) is 5.96. The number of carbonyl (C=O) groups excluding carboxylic acids is 2. The summed E-state index contributed by atoms with van der Waals surface area (Å²) in [5.41, 5.74) is 3.11. The van der Waals surface area contributed by atoms with Crippen molar-refractivity contribution in [1.29, 1.82) is 0 Å². The Morgan fingerprint density at radius 1 is 1.22 bits per heavy atom. The molecular formula is C21H25NO5. The topological polar surface area (TPSA) is 66.8 Å². The van der Waals surface area contributed by atoms with Gasteiger partial charge in [-0.2, -0.15) is 0 Å². The van der Waals surface area contributed by atoms with Gasteiger partial charge in [0.2, 0.25) is 5.78 Å². The van der Waals surface area contributed by atoms with Gasteiger partial charge in [-0.15, -0.1) is 0 Å². The second-order valence-electron chi connectivity index (χ2n) is 6.76. The molecular weight excluding hydrogens is 346 g/mol. The minimum Gasteiger partial charge on any atom is -0.485 e. The number of esters is 1. The number of hydrogen-bond donors (Lipinski definition) is 0. The molecule has 1 fully saturated rings. The number of carbonyl (C=O) groups is 2. The first-order valence-corrected chi connectivity index (χ1v) is 9.12. The smallest absolute Gasteiger partial charge is 0.337 e. The number of benzene rings is 1.